The number of rotatable bonds is 6. The van der Waals surface area contributed by atoms with E-state index in [-0.39, 0.29) is 5.56 Å². The van der Waals surface area contributed by atoms with Gasteiger partial charge in [0.05, 0.1) is 17.0 Å². The van der Waals surface area contributed by atoms with Crippen LogP contribution in [0.15, 0.2) is 76.6 Å². The molecule has 0 atom stereocenters. The molecule has 0 aliphatic carbocycles. The molecule has 0 saturated heterocycles. The Morgan fingerprint density at radius 2 is 1.79 bits per heavy atom. The smallest absolute Gasteiger partial charge is 0.255 e. The number of hydrogen-bond donors (Lipinski definition) is 2. The molecular formula is C27H27N5OS. The Balaban J connectivity index is 1.27. The van der Waals surface area contributed by atoms with Gasteiger partial charge in [-0.2, -0.15) is 0 Å². The maximum absolute atomic E-state index is 12.8. The van der Waals surface area contributed by atoms with Gasteiger partial charge in [-0.3, -0.25) is 14.7 Å². The lowest BCUT2D eigenvalue weighted by atomic mass is 10.1. The zero-order chi connectivity index (χ0) is 23.5. The van der Waals surface area contributed by atoms with Gasteiger partial charge in [-0.25, -0.2) is 4.98 Å². The Morgan fingerprint density at radius 3 is 2.50 bits per heavy atom. The van der Waals surface area contributed by atoms with E-state index in [0.717, 1.165) is 58.9 Å². The van der Waals surface area contributed by atoms with E-state index in [1.54, 1.807) is 0 Å². The summed E-state index contributed by atoms with van der Waals surface area (Å²) in [5.41, 5.74) is 12.1. The lowest BCUT2D eigenvalue weighted by Gasteiger charge is -2.27. The highest BCUT2D eigenvalue weighted by molar-refractivity contribution is 7.99. The maximum Gasteiger partial charge on any atom is 0.255 e. The number of aromatic amines is 1. The molecular weight excluding hydrogens is 442 g/mol. The van der Waals surface area contributed by atoms with Crippen molar-refractivity contribution in [3.63, 3.8) is 0 Å². The van der Waals surface area contributed by atoms with Crippen LogP contribution in [0.25, 0.3) is 22.6 Å². The van der Waals surface area contributed by atoms with E-state index in [0.29, 0.717) is 18.1 Å². The van der Waals surface area contributed by atoms with Gasteiger partial charge in [-0.1, -0.05) is 25.1 Å². The van der Waals surface area contributed by atoms with Gasteiger partial charge < -0.3 is 10.7 Å². The average Bonchev–Trinajstić information content (AvgIpc) is 2.86. The third-order valence-corrected chi connectivity index (χ3v) is 6.92. The molecule has 6 nitrogen and oxygen atoms in total. The van der Waals surface area contributed by atoms with Crippen LogP contribution in [0.1, 0.15) is 23.7 Å². The van der Waals surface area contributed by atoms with Crippen molar-refractivity contribution >= 4 is 17.4 Å². The molecule has 3 N–H and O–H groups in total. The molecule has 5 rings (SSSR count). The van der Waals surface area contributed by atoms with Gasteiger partial charge in [0.25, 0.3) is 5.56 Å². The van der Waals surface area contributed by atoms with E-state index in [1.165, 1.54) is 4.90 Å². The van der Waals surface area contributed by atoms with Crippen LogP contribution < -0.4 is 11.3 Å². The SMILES string of the molecule is CCSc1ccc(-c2ccc(CN3CCc4nc(-c5ccc(N)cc5)[nH]c(=O)c4C3)cn2)cc1. The summed E-state index contributed by atoms with van der Waals surface area (Å²) in [7, 11) is 0. The first kappa shape index (κ1) is 22.4. The van der Waals surface area contributed by atoms with Gasteiger partial charge in [0.1, 0.15) is 5.82 Å². The average molecular weight is 470 g/mol. The van der Waals surface area contributed by atoms with Crippen LogP contribution in [-0.4, -0.2) is 32.1 Å². The van der Waals surface area contributed by atoms with Crippen molar-refractivity contribution in [3.8, 4) is 22.6 Å². The fourth-order valence-electron chi connectivity index (χ4n) is 4.23. The topological polar surface area (TPSA) is 87.9 Å². The Morgan fingerprint density at radius 1 is 1.03 bits per heavy atom. The van der Waals surface area contributed by atoms with Crippen molar-refractivity contribution in [2.24, 2.45) is 0 Å². The Kier molecular flexibility index (Phi) is 6.47. The number of hydrogen-bond acceptors (Lipinski definition) is 6. The highest BCUT2D eigenvalue weighted by Crippen LogP contribution is 2.24. The summed E-state index contributed by atoms with van der Waals surface area (Å²) in [5.74, 6) is 1.66. The zero-order valence-corrected chi connectivity index (χ0v) is 19.9. The Hall–Kier alpha value is -3.42. The minimum atomic E-state index is -0.0697. The number of thioether (sulfide) groups is 1. The lowest BCUT2D eigenvalue weighted by molar-refractivity contribution is 0.241. The molecule has 0 unspecified atom stereocenters. The molecule has 1 aliphatic heterocycles. The molecule has 0 spiro atoms. The van der Waals surface area contributed by atoms with Crippen molar-refractivity contribution in [1.29, 1.82) is 0 Å². The van der Waals surface area contributed by atoms with Gasteiger partial charge >= 0.3 is 0 Å². The number of fused-ring (bicyclic) bond motifs is 1. The molecule has 2 aromatic heterocycles. The number of H-pyrrole nitrogens is 1. The van der Waals surface area contributed by atoms with Crippen LogP contribution in [0.2, 0.25) is 0 Å². The molecule has 4 aromatic rings. The normalized spacial score (nSPS) is 13.6. The highest BCUT2D eigenvalue weighted by atomic mass is 32.2. The summed E-state index contributed by atoms with van der Waals surface area (Å²) in [6.45, 7) is 4.34. The minimum absolute atomic E-state index is 0.0697. The molecule has 2 aromatic carbocycles. The van der Waals surface area contributed by atoms with E-state index in [9.17, 15) is 4.79 Å². The molecule has 172 valence electrons. The van der Waals surface area contributed by atoms with Crippen molar-refractivity contribution in [3.05, 3.63) is 94.0 Å². The van der Waals surface area contributed by atoms with Gasteiger partial charge in [0.15, 0.2) is 0 Å². The number of benzene rings is 2. The van der Waals surface area contributed by atoms with Gasteiger partial charge in [0.2, 0.25) is 0 Å². The number of anilines is 1. The number of aromatic nitrogens is 3. The number of nitrogen functional groups attached to an aromatic ring is 1. The zero-order valence-electron chi connectivity index (χ0n) is 19.1. The van der Waals surface area contributed by atoms with Crippen LogP contribution in [0.4, 0.5) is 5.69 Å². The summed E-state index contributed by atoms with van der Waals surface area (Å²) in [6.07, 6.45) is 2.68. The largest absolute Gasteiger partial charge is 0.399 e. The van der Waals surface area contributed by atoms with Crippen molar-refractivity contribution in [2.45, 2.75) is 31.3 Å². The van der Waals surface area contributed by atoms with Crippen molar-refractivity contribution < 1.29 is 0 Å². The van der Waals surface area contributed by atoms with Crippen LogP contribution in [0.3, 0.4) is 0 Å². The van der Waals surface area contributed by atoms with E-state index in [4.69, 9.17) is 10.7 Å². The summed E-state index contributed by atoms with van der Waals surface area (Å²) in [6, 6.07) is 20.1. The quantitative estimate of drug-likeness (QED) is 0.313. The fourth-order valence-corrected chi connectivity index (χ4v) is 4.89. The van der Waals surface area contributed by atoms with E-state index >= 15 is 0 Å². The van der Waals surface area contributed by atoms with E-state index < -0.39 is 0 Å². The predicted octanol–water partition coefficient (Wildman–Crippen LogP) is 4.75. The standard InChI is InChI=1S/C27H27N5OS/c1-2-34-22-10-6-19(7-11-22)24-12-3-18(15-29-24)16-32-14-13-25-23(17-32)27(33)31-26(30-25)20-4-8-21(28)9-5-20/h3-12,15H,2,13-14,16-17,28H2,1H3,(H,30,31,33). The van der Waals surface area contributed by atoms with Crippen LogP contribution in [0.5, 0.6) is 0 Å². The fraction of sp³-hybridized carbons (Fsp3) is 0.222. The molecule has 0 bridgehead atoms. The second kappa shape index (κ2) is 9.83. The van der Waals surface area contributed by atoms with Crippen LogP contribution in [-0.2, 0) is 19.5 Å². The molecule has 3 heterocycles. The van der Waals surface area contributed by atoms with Gasteiger partial charge in [0, 0.05) is 54.0 Å². The first-order valence-electron chi connectivity index (χ1n) is 11.5. The molecule has 0 saturated carbocycles. The summed E-state index contributed by atoms with van der Waals surface area (Å²) in [4.78, 5) is 28.7. The molecule has 1 aliphatic rings. The molecule has 0 amide bonds. The van der Waals surface area contributed by atoms with Crippen molar-refractivity contribution in [2.75, 3.05) is 18.0 Å². The van der Waals surface area contributed by atoms with Crippen LogP contribution in [0, 0.1) is 0 Å². The maximum atomic E-state index is 12.8. The molecule has 0 fully saturated rings. The van der Waals surface area contributed by atoms with Gasteiger partial charge in [-0.05, 0) is 53.8 Å². The number of nitrogens with two attached hydrogens (primary N) is 1. The third-order valence-electron chi connectivity index (χ3n) is 6.02. The number of pyridine rings is 1. The van der Waals surface area contributed by atoms with Crippen LogP contribution >= 0.6 is 11.8 Å². The second-order valence-corrected chi connectivity index (χ2v) is 9.77. The Bertz CT molecular complexity index is 1330. The second-order valence-electron chi connectivity index (χ2n) is 8.43. The first-order chi connectivity index (χ1) is 16.6. The third kappa shape index (κ3) is 4.90. The monoisotopic (exact) mass is 469 g/mol. The molecule has 0 radical (unpaired) electrons. The van der Waals surface area contributed by atoms with E-state index in [2.05, 4.69) is 58.2 Å². The lowest BCUT2D eigenvalue weighted by Crippen LogP contribution is -2.35. The predicted molar refractivity (Wildman–Crippen MR) is 139 cm³/mol. The summed E-state index contributed by atoms with van der Waals surface area (Å²) >= 11 is 1.84. The molecule has 34 heavy (non-hydrogen) atoms. The summed E-state index contributed by atoms with van der Waals surface area (Å²) in [5, 5.41) is 0. The van der Waals surface area contributed by atoms with Gasteiger partial charge in [-0.15, -0.1) is 11.8 Å². The Labute approximate surface area is 203 Å². The highest BCUT2D eigenvalue weighted by Gasteiger charge is 2.21. The van der Waals surface area contributed by atoms with Crippen molar-refractivity contribution in [1.82, 2.24) is 19.9 Å². The minimum Gasteiger partial charge on any atom is -0.399 e. The first-order valence-corrected chi connectivity index (χ1v) is 12.5. The number of nitrogens with one attached hydrogen (secondary N) is 1. The molecule has 7 heteroatoms. The number of nitrogens with zero attached hydrogens (tertiary/aromatic N) is 3. The van der Waals surface area contributed by atoms with E-state index in [1.807, 2.05) is 42.2 Å². The summed E-state index contributed by atoms with van der Waals surface area (Å²) < 4.78 is 0.